The second-order valence-electron chi connectivity index (χ2n) is 4.62. The number of carbonyl (C=O) groups is 1. The molecule has 0 bridgehead atoms. The van der Waals surface area contributed by atoms with Crippen molar-refractivity contribution in [3.8, 4) is 16.8 Å². The topological polar surface area (TPSA) is 68.0 Å². The maximum absolute atomic E-state index is 10.8. The number of carboxylic acid groups (broad SMARTS) is 1. The summed E-state index contributed by atoms with van der Waals surface area (Å²) in [6, 6.07) is 17.8. The van der Waals surface area contributed by atoms with Crippen molar-refractivity contribution in [2.75, 3.05) is 0 Å². The van der Waals surface area contributed by atoms with Crippen molar-refractivity contribution in [2.45, 2.75) is 6.42 Å². The molecule has 0 aliphatic rings. The molecule has 0 fully saturated rings. The van der Waals surface area contributed by atoms with Crippen LogP contribution in [0.1, 0.15) is 5.69 Å². The minimum Gasteiger partial charge on any atom is -0.481 e. The Hall–Kier alpha value is -2.95. The Kier molecular flexibility index (Phi) is 3.47. The van der Waals surface area contributed by atoms with Gasteiger partial charge in [-0.05, 0) is 23.3 Å². The first-order valence-corrected chi connectivity index (χ1v) is 6.51. The minimum absolute atomic E-state index is 0.104. The van der Waals surface area contributed by atoms with Crippen molar-refractivity contribution >= 4 is 5.97 Å². The number of carboxylic acids is 1. The number of benzene rings is 2. The van der Waals surface area contributed by atoms with E-state index in [4.69, 9.17) is 5.11 Å². The molecular formula is C16H13N3O2. The van der Waals surface area contributed by atoms with Crippen LogP contribution in [0.4, 0.5) is 0 Å². The summed E-state index contributed by atoms with van der Waals surface area (Å²) < 4.78 is 1.54. The molecule has 1 aromatic heterocycles. The van der Waals surface area contributed by atoms with Crippen LogP contribution in [0.15, 0.2) is 60.8 Å². The number of hydrogen-bond acceptors (Lipinski definition) is 3. The molecule has 1 N–H and O–H groups in total. The van der Waals surface area contributed by atoms with Gasteiger partial charge >= 0.3 is 5.97 Å². The molecule has 5 heteroatoms. The summed E-state index contributed by atoms with van der Waals surface area (Å²) in [6.45, 7) is 0. The lowest BCUT2D eigenvalue weighted by Gasteiger charge is -2.06. The second kappa shape index (κ2) is 5.58. The van der Waals surface area contributed by atoms with Crippen molar-refractivity contribution in [2.24, 2.45) is 0 Å². The SMILES string of the molecule is O=C(O)Cc1cnnn1-c1ccc(-c2ccccc2)cc1. The molecule has 0 unspecified atom stereocenters. The summed E-state index contributed by atoms with van der Waals surface area (Å²) in [4.78, 5) is 10.8. The first-order valence-electron chi connectivity index (χ1n) is 6.51. The maximum Gasteiger partial charge on any atom is 0.309 e. The smallest absolute Gasteiger partial charge is 0.309 e. The van der Waals surface area contributed by atoms with Gasteiger partial charge in [0.05, 0.1) is 24.0 Å². The summed E-state index contributed by atoms with van der Waals surface area (Å²) >= 11 is 0. The predicted octanol–water partition coefficient (Wildman–Crippen LogP) is 2.56. The van der Waals surface area contributed by atoms with E-state index in [1.165, 1.54) is 6.20 Å². The molecule has 0 aliphatic carbocycles. The van der Waals surface area contributed by atoms with Gasteiger partial charge in [0.1, 0.15) is 0 Å². The zero-order chi connectivity index (χ0) is 14.7. The molecule has 0 radical (unpaired) electrons. The average molecular weight is 279 g/mol. The fourth-order valence-electron chi connectivity index (χ4n) is 2.17. The lowest BCUT2D eigenvalue weighted by molar-refractivity contribution is -0.136. The van der Waals surface area contributed by atoms with Crippen LogP contribution in [0.3, 0.4) is 0 Å². The molecule has 104 valence electrons. The summed E-state index contributed by atoms with van der Waals surface area (Å²) in [5.41, 5.74) is 3.58. The molecule has 5 nitrogen and oxygen atoms in total. The largest absolute Gasteiger partial charge is 0.481 e. The quantitative estimate of drug-likeness (QED) is 0.797. The minimum atomic E-state index is -0.903. The van der Waals surface area contributed by atoms with Gasteiger partial charge in [0.2, 0.25) is 0 Å². The summed E-state index contributed by atoms with van der Waals surface area (Å²) in [6.07, 6.45) is 1.37. The van der Waals surface area contributed by atoms with Crippen molar-refractivity contribution in [1.82, 2.24) is 15.0 Å². The molecule has 0 saturated carbocycles. The number of nitrogens with zero attached hydrogens (tertiary/aromatic N) is 3. The molecule has 0 saturated heterocycles. The van der Waals surface area contributed by atoms with Gasteiger partial charge in [-0.15, -0.1) is 5.10 Å². The molecule has 21 heavy (non-hydrogen) atoms. The molecule has 0 amide bonds. The molecule has 3 aromatic rings. The van der Waals surface area contributed by atoms with Gasteiger partial charge in [0, 0.05) is 0 Å². The summed E-state index contributed by atoms with van der Waals surface area (Å²) in [7, 11) is 0. The Bertz CT molecular complexity index is 749. The molecule has 3 rings (SSSR count). The van der Waals surface area contributed by atoms with Gasteiger partial charge in [0.25, 0.3) is 0 Å². The Morgan fingerprint density at radius 3 is 2.33 bits per heavy atom. The van der Waals surface area contributed by atoms with E-state index in [1.807, 2.05) is 54.6 Å². The third-order valence-electron chi connectivity index (χ3n) is 3.17. The predicted molar refractivity (Wildman–Crippen MR) is 78.1 cm³/mol. The molecule has 0 atom stereocenters. The highest BCUT2D eigenvalue weighted by molar-refractivity contribution is 5.70. The number of aromatic nitrogens is 3. The van der Waals surface area contributed by atoms with Gasteiger partial charge in [-0.25, -0.2) is 4.68 Å². The van der Waals surface area contributed by atoms with Gasteiger partial charge in [-0.2, -0.15) is 0 Å². The maximum atomic E-state index is 10.8. The van der Waals surface area contributed by atoms with E-state index < -0.39 is 5.97 Å². The first-order chi connectivity index (χ1) is 10.2. The lowest BCUT2D eigenvalue weighted by atomic mass is 10.1. The third-order valence-corrected chi connectivity index (χ3v) is 3.17. The Balaban J connectivity index is 1.91. The van der Waals surface area contributed by atoms with Gasteiger partial charge in [0.15, 0.2) is 0 Å². The van der Waals surface area contributed by atoms with Crippen molar-refractivity contribution in [3.05, 3.63) is 66.5 Å². The monoisotopic (exact) mass is 279 g/mol. The average Bonchev–Trinajstić information content (AvgIpc) is 2.96. The zero-order valence-corrected chi connectivity index (χ0v) is 11.2. The van der Waals surface area contributed by atoms with E-state index in [0.717, 1.165) is 16.8 Å². The third kappa shape index (κ3) is 2.81. The molecule has 0 aliphatic heterocycles. The van der Waals surface area contributed by atoms with E-state index in [2.05, 4.69) is 10.3 Å². The highest BCUT2D eigenvalue weighted by atomic mass is 16.4. The fraction of sp³-hybridized carbons (Fsp3) is 0.0625. The molecule has 2 aromatic carbocycles. The first kappa shape index (κ1) is 13.1. The molecule has 1 heterocycles. The standard InChI is InChI=1S/C16H13N3O2/c20-16(21)10-15-11-17-18-19(15)14-8-6-13(7-9-14)12-4-2-1-3-5-12/h1-9,11H,10H2,(H,20,21). The molecular weight excluding hydrogens is 266 g/mol. The second-order valence-corrected chi connectivity index (χ2v) is 4.62. The van der Waals surface area contributed by atoms with Crippen LogP contribution in [-0.4, -0.2) is 26.1 Å². The van der Waals surface area contributed by atoms with Gasteiger partial charge in [-0.1, -0.05) is 47.7 Å². The number of hydrogen-bond donors (Lipinski definition) is 1. The number of aliphatic carboxylic acids is 1. The van der Waals surface area contributed by atoms with E-state index in [9.17, 15) is 4.79 Å². The van der Waals surface area contributed by atoms with Crippen LogP contribution >= 0.6 is 0 Å². The summed E-state index contributed by atoms with van der Waals surface area (Å²) in [5, 5.41) is 16.6. The zero-order valence-electron chi connectivity index (χ0n) is 11.2. The Morgan fingerprint density at radius 2 is 1.67 bits per heavy atom. The van der Waals surface area contributed by atoms with Gasteiger partial charge < -0.3 is 5.11 Å². The van der Waals surface area contributed by atoms with Crippen LogP contribution in [0.5, 0.6) is 0 Å². The van der Waals surface area contributed by atoms with Crippen LogP contribution < -0.4 is 0 Å². The van der Waals surface area contributed by atoms with Crippen molar-refractivity contribution in [3.63, 3.8) is 0 Å². The van der Waals surface area contributed by atoms with Crippen LogP contribution in [0.25, 0.3) is 16.8 Å². The Morgan fingerprint density at radius 1 is 1.00 bits per heavy atom. The van der Waals surface area contributed by atoms with Crippen molar-refractivity contribution < 1.29 is 9.90 Å². The highest BCUT2D eigenvalue weighted by Crippen LogP contribution is 2.20. The van der Waals surface area contributed by atoms with Crippen LogP contribution in [-0.2, 0) is 11.2 Å². The van der Waals surface area contributed by atoms with E-state index in [1.54, 1.807) is 4.68 Å². The Labute approximate surface area is 121 Å². The fourth-order valence-corrected chi connectivity index (χ4v) is 2.17. The van der Waals surface area contributed by atoms with Crippen LogP contribution in [0, 0.1) is 0 Å². The van der Waals surface area contributed by atoms with Crippen LogP contribution in [0.2, 0.25) is 0 Å². The highest BCUT2D eigenvalue weighted by Gasteiger charge is 2.10. The summed E-state index contributed by atoms with van der Waals surface area (Å²) in [5.74, 6) is -0.903. The lowest BCUT2D eigenvalue weighted by Crippen LogP contribution is -2.07. The van der Waals surface area contributed by atoms with Crippen molar-refractivity contribution in [1.29, 1.82) is 0 Å². The van der Waals surface area contributed by atoms with E-state index >= 15 is 0 Å². The van der Waals surface area contributed by atoms with Gasteiger partial charge in [-0.3, -0.25) is 4.79 Å². The molecule has 0 spiro atoms. The van der Waals surface area contributed by atoms with E-state index in [0.29, 0.717) is 5.69 Å². The van der Waals surface area contributed by atoms with E-state index in [-0.39, 0.29) is 6.42 Å². The normalized spacial score (nSPS) is 10.5. The number of rotatable bonds is 4.